The van der Waals surface area contributed by atoms with Gasteiger partial charge in [-0.3, -0.25) is 4.79 Å². The lowest BCUT2D eigenvalue weighted by Crippen LogP contribution is -2.38. The Morgan fingerprint density at radius 3 is 2.38 bits per heavy atom. The van der Waals surface area contributed by atoms with Crippen LogP contribution in [0, 0.1) is 0 Å². The van der Waals surface area contributed by atoms with Crippen LogP contribution in [0.1, 0.15) is 26.2 Å². The standard InChI is InChI=1S/C10H21NO5/c1-2-3-10(16)11-5-7(13)4-8(14)9(15)6-12/h7-9,12-15H,2-6H2,1H3,(H,11,16). The van der Waals surface area contributed by atoms with Crippen LogP contribution >= 0.6 is 0 Å². The number of hydrogen-bond donors (Lipinski definition) is 5. The summed E-state index contributed by atoms with van der Waals surface area (Å²) in [7, 11) is 0. The Balaban J connectivity index is 3.73. The first-order chi connectivity index (χ1) is 7.51. The third kappa shape index (κ3) is 6.73. The fourth-order valence-corrected chi connectivity index (χ4v) is 1.19. The van der Waals surface area contributed by atoms with Gasteiger partial charge in [0.25, 0.3) is 0 Å². The van der Waals surface area contributed by atoms with Gasteiger partial charge in [0.15, 0.2) is 0 Å². The monoisotopic (exact) mass is 235 g/mol. The highest BCUT2D eigenvalue weighted by Crippen LogP contribution is 2.02. The van der Waals surface area contributed by atoms with E-state index in [0.29, 0.717) is 6.42 Å². The van der Waals surface area contributed by atoms with Crippen LogP contribution in [0.25, 0.3) is 0 Å². The minimum Gasteiger partial charge on any atom is -0.394 e. The van der Waals surface area contributed by atoms with Crippen molar-refractivity contribution < 1.29 is 25.2 Å². The molecule has 3 atom stereocenters. The first-order valence-corrected chi connectivity index (χ1v) is 5.43. The van der Waals surface area contributed by atoms with Crippen molar-refractivity contribution in [1.82, 2.24) is 5.32 Å². The van der Waals surface area contributed by atoms with Crippen molar-refractivity contribution in [2.24, 2.45) is 0 Å². The van der Waals surface area contributed by atoms with E-state index in [1.54, 1.807) is 0 Å². The number of amides is 1. The molecule has 0 bridgehead atoms. The molecule has 0 rings (SSSR count). The second-order valence-corrected chi connectivity index (χ2v) is 3.76. The average Bonchev–Trinajstić information content (AvgIpc) is 2.25. The second-order valence-electron chi connectivity index (χ2n) is 3.76. The largest absolute Gasteiger partial charge is 0.394 e. The summed E-state index contributed by atoms with van der Waals surface area (Å²) in [6, 6.07) is 0. The SMILES string of the molecule is CCCC(=O)NCC(O)CC(O)C(O)CO. The van der Waals surface area contributed by atoms with E-state index in [4.69, 9.17) is 10.2 Å². The number of aliphatic hydroxyl groups excluding tert-OH is 4. The molecule has 0 radical (unpaired) electrons. The molecular weight excluding hydrogens is 214 g/mol. The normalized spacial score (nSPS) is 16.6. The first-order valence-electron chi connectivity index (χ1n) is 5.43. The molecule has 0 heterocycles. The Kier molecular flexibility index (Phi) is 8.10. The molecule has 0 aromatic heterocycles. The van der Waals surface area contributed by atoms with Crippen molar-refractivity contribution in [3.05, 3.63) is 0 Å². The molecule has 6 heteroatoms. The van der Waals surface area contributed by atoms with Gasteiger partial charge in [0.1, 0.15) is 6.10 Å². The van der Waals surface area contributed by atoms with Crippen molar-refractivity contribution in [2.75, 3.05) is 13.2 Å². The molecular formula is C10H21NO5. The van der Waals surface area contributed by atoms with E-state index in [1.165, 1.54) is 0 Å². The zero-order valence-electron chi connectivity index (χ0n) is 9.46. The second kappa shape index (κ2) is 8.46. The maximum Gasteiger partial charge on any atom is 0.220 e. The van der Waals surface area contributed by atoms with Gasteiger partial charge in [-0.05, 0) is 6.42 Å². The summed E-state index contributed by atoms with van der Waals surface area (Å²) in [5.41, 5.74) is 0. The maximum atomic E-state index is 11.0. The van der Waals surface area contributed by atoms with Crippen molar-refractivity contribution >= 4 is 5.91 Å². The smallest absolute Gasteiger partial charge is 0.220 e. The topological polar surface area (TPSA) is 110 Å². The van der Waals surface area contributed by atoms with Gasteiger partial charge in [0, 0.05) is 19.4 Å². The summed E-state index contributed by atoms with van der Waals surface area (Å²) in [6.07, 6.45) is -2.35. The van der Waals surface area contributed by atoms with Crippen LogP contribution in [0.5, 0.6) is 0 Å². The van der Waals surface area contributed by atoms with Crippen molar-refractivity contribution in [3.8, 4) is 0 Å². The van der Waals surface area contributed by atoms with Crippen LogP contribution in [0.2, 0.25) is 0 Å². The molecule has 6 nitrogen and oxygen atoms in total. The fraction of sp³-hybridized carbons (Fsp3) is 0.900. The van der Waals surface area contributed by atoms with Crippen molar-refractivity contribution in [1.29, 1.82) is 0 Å². The summed E-state index contributed by atoms with van der Waals surface area (Å²) in [5.74, 6) is -0.154. The molecule has 0 aliphatic rings. The van der Waals surface area contributed by atoms with Crippen LogP contribution in [-0.4, -0.2) is 57.8 Å². The molecule has 0 aromatic carbocycles. The highest BCUT2D eigenvalue weighted by Gasteiger charge is 2.19. The Morgan fingerprint density at radius 2 is 1.88 bits per heavy atom. The van der Waals surface area contributed by atoms with Crippen molar-refractivity contribution in [3.63, 3.8) is 0 Å². The molecule has 0 aliphatic heterocycles. The van der Waals surface area contributed by atoms with Gasteiger partial charge < -0.3 is 25.7 Å². The number of carbonyl (C=O) groups excluding carboxylic acids is 1. The third-order valence-corrected chi connectivity index (χ3v) is 2.16. The van der Waals surface area contributed by atoms with Gasteiger partial charge in [-0.1, -0.05) is 6.92 Å². The summed E-state index contributed by atoms with van der Waals surface area (Å²) >= 11 is 0. The Hall–Kier alpha value is -0.690. The number of aliphatic hydroxyl groups is 4. The zero-order chi connectivity index (χ0) is 12.6. The molecule has 0 aromatic rings. The minimum absolute atomic E-state index is 0.0358. The van der Waals surface area contributed by atoms with E-state index in [0.717, 1.165) is 6.42 Å². The number of hydrogen-bond acceptors (Lipinski definition) is 5. The number of rotatable bonds is 8. The minimum atomic E-state index is -1.26. The van der Waals surface area contributed by atoms with E-state index in [1.807, 2.05) is 6.92 Å². The molecule has 5 N–H and O–H groups in total. The number of nitrogens with one attached hydrogen (secondary N) is 1. The Labute approximate surface area is 94.9 Å². The molecule has 0 saturated heterocycles. The Morgan fingerprint density at radius 1 is 1.25 bits per heavy atom. The summed E-state index contributed by atoms with van der Waals surface area (Å²) in [4.78, 5) is 11.0. The van der Waals surface area contributed by atoms with Crippen LogP contribution < -0.4 is 5.32 Å². The lowest BCUT2D eigenvalue weighted by molar-refractivity contribution is -0.121. The maximum absolute atomic E-state index is 11.0. The van der Waals surface area contributed by atoms with Crippen LogP contribution in [0.4, 0.5) is 0 Å². The molecule has 0 aliphatic carbocycles. The van der Waals surface area contributed by atoms with Gasteiger partial charge in [-0.2, -0.15) is 0 Å². The fourth-order valence-electron chi connectivity index (χ4n) is 1.19. The van der Waals surface area contributed by atoms with Crippen LogP contribution in [-0.2, 0) is 4.79 Å². The molecule has 16 heavy (non-hydrogen) atoms. The zero-order valence-corrected chi connectivity index (χ0v) is 9.46. The molecule has 1 amide bonds. The van der Waals surface area contributed by atoms with E-state index in [-0.39, 0.29) is 18.9 Å². The van der Waals surface area contributed by atoms with E-state index in [9.17, 15) is 15.0 Å². The summed E-state index contributed by atoms with van der Waals surface area (Å²) in [5, 5.41) is 38.8. The summed E-state index contributed by atoms with van der Waals surface area (Å²) in [6.45, 7) is 1.35. The number of carbonyl (C=O) groups is 1. The molecule has 3 unspecified atom stereocenters. The predicted octanol–water partition coefficient (Wildman–Crippen LogP) is -1.63. The van der Waals surface area contributed by atoms with E-state index < -0.39 is 24.9 Å². The van der Waals surface area contributed by atoms with Gasteiger partial charge in [-0.25, -0.2) is 0 Å². The van der Waals surface area contributed by atoms with Gasteiger partial charge in [0.05, 0.1) is 18.8 Å². The summed E-state index contributed by atoms with van der Waals surface area (Å²) < 4.78 is 0. The lowest BCUT2D eigenvalue weighted by atomic mass is 10.1. The highest BCUT2D eigenvalue weighted by molar-refractivity contribution is 5.75. The van der Waals surface area contributed by atoms with Gasteiger partial charge in [0.2, 0.25) is 5.91 Å². The third-order valence-electron chi connectivity index (χ3n) is 2.16. The predicted molar refractivity (Wildman–Crippen MR) is 57.6 cm³/mol. The Bertz CT molecular complexity index is 200. The first kappa shape index (κ1) is 15.3. The quantitative estimate of drug-likeness (QED) is 0.347. The van der Waals surface area contributed by atoms with Crippen LogP contribution in [0.3, 0.4) is 0 Å². The lowest BCUT2D eigenvalue weighted by Gasteiger charge is -2.19. The highest BCUT2D eigenvalue weighted by atomic mass is 16.4. The molecule has 0 saturated carbocycles. The molecule has 0 fully saturated rings. The van der Waals surface area contributed by atoms with E-state index in [2.05, 4.69) is 5.32 Å². The molecule has 0 spiro atoms. The van der Waals surface area contributed by atoms with Crippen molar-refractivity contribution in [2.45, 2.75) is 44.5 Å². The van der Waals surface area contributed by atoms with Crippen LogP contribution in [0.15, 0.2) is 0 Å². The van der Waals surface area contributed by atoms with Gasteiger partial charge in [-0.15, -0.1) is 0 Å². The van der Waals surface area contributed by atoms with Gasteiger partial charge >= 0.3 is 0 Å². The van der Waals surface area contributed by atoms with E-state index >= 15 is 0 Å². The molecule has 96 valence electrons. The average molecular weight is 235 g/mol.